The van der Waals surface area contributed by atoms with Crippen LogP contribution in [0.3, 0.4) is 0 Å². The molecule has 1 fully saturated rings. The molecule has 1 aromatic carbocycles. The molecule has 1 atom stereocenters. The Balaban J connectivity index is 1.76. The number of ether oxygens (including phenoxy) is 1. The average Bonchev–Trinajstić information content (AvgIpc) is 3.04. The average molecular weight is 369 g/mol. The van der Waals surface area contributed by atoms with Crippen molar-refractivity contribution in [3.8, 4) is 11.6 Å². The van der Waals surface area contributed by atoms with Gasteiger partial charge in [0, 0.05) is 19.3 Å². The van der Waals surface area contributed by atoms with Crippen LogP contribution < -0.4 is 10.1 Å². The summed E-state index contributed by atoms with van der Waals surface area (Å²) in [6.07, 6.45) is 2.02. The first-order valence-electron chi connectivity index (χ1n) is 8.78. The minimum atomic E-state index is -0.912. The van der Waals surface area contributed by atoms with Crippen LogP contribution in [0.25, 0.3) is 0 Å². The van der Waals surface area contributed by atoms with Crippen LogP contribution in [-0.2, 0) is 4.79 Å². The van der Waals surface area contributed by atoms with Crippen molar-refractivity contribution < 1.29 is 19.4 Å². The molecule has 7 heteroatoms. The zero-order chi connectivity index (χ0) is 19.6. The van der Waals surface area contributed by atoms with Crippen molar-refractivity contribution in [1.82, 2.24) is 9.88 Å². The molecule has 0 spiro atoms. The lowest BCUT2D eigenvalue weighted by Crippen LogP contribution is -2.37. The molecule has 142 valence electrons. The Morgan fingerprint density at radius 3 is 2.74 bits per heavy atom. The SMILES string of the molecule is Cc1cccc(Oc2ncccc2NC(=O)N2CCC(C)(C(=O)O)C2)c1C. The predicted octanol–water partition coefficient (Wildman–Crippen LogP) is 3.82. The zero-order valence-electron chi connectivity index (χ0n) is 15.7. The van der Waals surface area contributed by atoms with E-state index in [4.69, 9.17) is 4.74 Å². The molecular formula is C20H23N3O4. The highest BCUT2D eigenvalue weighted by atomic mass is 16.5. The van der Waals surface area contributed by atoms with E-state index in [1.165, 1.54) is 4.90 Å². The Kier molecular flexibility index (Phi) is 5.03. The number of carboxylic acids is 1. The molecule has 1 aliphatic heterocycles. The fourth-order valence-corrected chi connectivity index (χ4v) is 3.01. The summed E-state index contributed by atoms with van der Waals surface area (Å²) in [5, 5.41) is 12.1. The number of amides is 2. The van der Waals surface area contributed by atoms with E-state index < -0.39 is 11.4 Å². The highest BCUT2D eigenvalue weighted by Crippen LogP contribution is 2.33. The maximum Gasteiger partial charge on any atom is 0.322 e. The summed E-state index contributed by atoms with van der Waals surface area (Å²) >= 11 is 0. The van der Waals surface area contributed by atoms with E-state index in [-0.39, 0.29) is 12.6 Å². The fraction of sp³-hybridized carbons (Fsp3) is 0.350. The van der Waals surface area contributed by atoms with Gasteiger partial charge in [-0.2, -0.15) is 0 Å². The quantitative estimate of drug-likeness (QED) is 0.855. The smallest absolute Gasteiger partial charge is 0.322 e. The van der Waals surface area contributed by atoms with Gasteiger partial charge in [0.15, 0.2) is 0 Å². The maximum atomic E-state index is 12.6. The van der Waals surface area contributed by atoms with Gasteiger partial charge >= 0.3 is 12.0 Å². The third kappa shape index (κ3) is 3.86. The summed E-state index contributed by atoms with van der Waals surface area (Å²) < 4.78 is 5.93. The molecule has 27 heavy (non-hydrogen) atoms. The summed E-state index contributed by atoms with van der Waals surface area (Å²) in [7, 11) is 0. The molecule has 2 N–H and O–H groups in total. The summed E-state index contributed by atoms with van der Waals surface area (Å²) in [5.74, 6) is 0.0710. The van der Waals surface area contributed by atoms with E-state index in [0.717, 1.165) is 11.1 Å². The molecule has 1 aliphatic rings. The molecule has 3 rings (SSSR count). The number of nitrogens with zero attached hydrogens (tertiary/aromatic N) is 2. The Hall–Kier alpha value is -3.09. The number of pyridine rings is 1. The number of nitrogens with one attached hydrogen (secondary N) is 1. The number of hydrogen-bond acceptors (Lipinski definition) is 4. The lowest BCUT2D eigenvalue weighted by Gasteiger charge is -2.21. The number of hydrogen-bond donors (Lipinski definition) is 2. The first-order chi connectivity index (χ1) is 12.8. The molecule has 0 bridgehead atoms. The van der Waals surface area contributed by atoms with Crippen LogP contribution in [0.15, 0.2) is 36.5 Å². The molecule has 1 unspecified atom stereocenters. The highest BCUT2D eigenvalue weighted by Gasteiger charge is 2.42. The fourth-order valence-electron chi connectivity index (χ4n) is 3.01. The van der Waals surface area contributed by atoms with E-state index >= 15 is 0 Å². The number of likely N-dealkylation sites (tertiary alicyclic amines) is 1. The summed E-state index contributed by atoms with van der Waals surface area (Å²) in [6.45, 7) is 6.17. The van der Waals surface area contributed by atoms with Crippen molar-refractivity contribution in [2.75, 3.05) is 18.4 Å². The van der Waals surface area contributed by atoms with Crippen molar-refractivity contribution in [2.24, 2.45) is 5.41 Å². The molecule has 2 amide bonds. The van der Waals surface area contributed by atoms with Crippen LogP contribution in [0.5, 0.6) is 11.6 Å². The maximum absolute atomic E-state index is 12.6. The van der Waals surface area contributed by atoms with Crippen LogP contribution in [0.2, 0.25) is 0 Å². The van der Waals surface area contributed by atoms with Gasteiger partial charge in [-0.05, 0) is 56.5 Å². The van der Waals surface area contributed by atoms with Gasteiger partial charge in [0.25, 0.3) is 0 Å². The molecule has 0 aliphatic carbocycles. The molecule has 2 aromatic rings. The summed E-state index contributed by atoms with van der Waals surface area (Å²) in [5.41, 5.74) is 1.62. The van der Waals surface area contributed by atoms with Gasteiger partial charge in [0.05, 0.1) is 5.41 Å². The minimum absolute atomic E-state index is 0.168. The van der Waals surface area contributed by atoms with Gasteiger partial charge in [0.2, 0.25) is 5.88 Å². The number of benzene rings is 1. The van der Waals surface area contributed by atoms with Crippen LogP contribution >= 0.6 is 0 Å². The van der Waals surface area contributed by atoms with E-state index in [0.29, 0.717) is 30.3 Å². The molecule has 1 saturated heterocycles. The van der Waals surface area contributed by atoms with E-state index in [1.54, 1.807) is 25.3 Å². The summed E-state index contributed by atoms with van der Waals surface area (Å²) in [4.78, 5) is 29.7. The van der Waals surface area contributed by atoms with E-state index in [2.05, 4.69) is 10.3 Å². The summed E-state index contributed by atoms with van der Waals surface area (Å²) in [6, 6.07) is 8.79. The number of anilines is 1. The largest absolute Gasteiger partial charge is 0.481 e. The number of aromatic nitrogens is 1. The highest BCUT2D eigenvalue weighted by molar-refractivity contribution is 5.91. The molecular weight excluding hydrogens is 346 g/mol. The zero-order valence-corrected chi connectivity index (χ0v) is 15.7. The van der Waals surface area contributed by atoms with Gasteiger partial charge in [-0.3, -0.25) is 4.79 Å². The van der Waals surface area contributed by atoms with Crippen molar-refractivity contribution in [1.29, 1.82) is 0 Å². The van der Waals surface area contributed by atoms with E-state index in [1.807, 2.05) is 32.0 Å². The number of carboxylic acid groups (broad SMARTS) is 1. The van der Waals surface area contributed by atoms with Crippen LogP contribution in [0.1, 0.15) is 24.5 Å². The van der Waals surface area contributed by atoms with Crippen molar-refractivity contribution in [3.05, 3.63) is 47.7 Å². The minimum Gasteiger partial charge on any atom is -0.481 e. The second kappa shape index (κ2) is 7.26. The van der Waals surface area contributed by atoms with Gasteiger partial charge in [-0.15, -0.1) is 0 Å². The first kappa shape index (κ1) is 18.7. The van der Waals surface area contributed by atoms with Crippen LogP contribution in [0.4, 0.5) is 10.5 Å². The topological polar surface area (TPSA) is 91.8 Å². The van der Waals surface area contributed by atoms with Crippen molar-refractivity contribution in [3.63, 3.8) is 0 Å². The Bertz CT molecular complexity index is 883. The molecule has 0 saturated carbocycles. The Morgan fingerprint density at radius 2 is 2.04 bits per heavy atom. The van der Waals surface area contributed by atoms with Gasteiger partial charge in [-0.25, -0.2) is 9.78 Å². The first-order valence-corrected chi connectivity index (χ1v) is 8.78. The monoisotopic (exact) mass is 369 g/mol. The standard InChI is InChI=1S/C20H23N3O4/c1-13-6-4-8-16(14(13)2)27-17-15(7-5-10-21-17)22-19(26)23-11-9-20(3,12-23)18(24)25/h4-8,10H,9,11-12H2,1-3H3,(H,22,26)(H,24,25). The van der Waals surface area contributed by atoms with Crippen molar-refractivity contribution in [2.45, 2.75) is 27.2 Å². The number of carbonyl (C=O) groups excluding carboxylic acids is 1. The Morgan fingerprint density at radius 1 is 1.26 bits per heavy atom. The third-order valence-electron chi connectivity index (χ3n) is 5.05. The van der Waals surface area contributed by atoms with E-state index in [9.17, 15) is 14.7 Å². The molecule has 2 heterocycles. The number of urea groups is 1. The van der Waals surface area contributed by atoms with Gasteiger partial charge in [-0.1, -0.05) is 12.1 Å². The Labute approximate surface area is 158 Å². The number of aliphatic carboxylic acids is 1. The third-order valence-corrected chi connectivity index (χ3v) is 5.05. The number of carbonyl (C=O) groups is 2. The van der Waals surface area contributed by atoms with Crippen molar-refractivity contribution >= 4 is 17.7 Å². The van der Waals surface area contributed by atoms with Gasteiger partial charge < -0.3 is 20.1 Å². The van der Waals surface area contributed by atoms with Crippen LogP contribution in [0, 0.1) is 19.3 Å². The number of rotatable bonds is 4. The number of aryl methyl sites for hydroxylation is 1. The molecule has 0 radical (unpaired) electrons. The van der Waals surface area contributed by atoms with Gasteiger partial charge in [0.1, 0.15) is 11.4 Å². The lowest BCUT2D eigenvalue weighted by molar-refractivity contribution is -0.146. The lowest BCUT2D eigenvalue weighted by atomic mass is 9.90. The molecule has 7 nitrogen and oxygen atoms in total. The van der Waals surface area contributed by atoms with Crippen LogP contribution in [-0.4, -0.2) is 40.1 Å². The second-order valence-corrected chi connectivity index (χ2v) is 7.12. The second-order valence-electron chi connectivity index (χ2n) is 7.12. The predicted molar refractivity (Wildman–Crippen MR) is 101 cm³/mol. The molecule has 1 aromatic heterocycles. The normalized spacial score (nSPS) is 19.0.